The molecule has 0 atom stereocenters. The molecule has 1 radical (unpaired) electrons. The van der Waals surface area contributed by atoms with E-state index < -0.39 is 0 Å². The molecule has 0 spiro atoms. The van der Waals surface area contributed by atoms with Crippen LogP contribution in [0.3, 0.4) is 0 Å². The molecule has 0 aliphatic rings. The van der Waals surface area contributed by atoms with Crippen molar-refractivity contribution in [2.24, 2.45) is 11.7 Å². The second-order valence-electron chi connectivity index (χ2n) is 7.16. The normalized spacial score (nSPS) is 11.0. The number of hydrogen-bond donors (Lipinski definition) is 1. The Kier molecular flexibility index (Phi) is 7.99. The van der Waals surface area contributed by atoms with Crippen molar-refractivity contribution in [2.75, 3.05) is 18.0 Å². The van der Waals surface area contributed by atoms with E-state index in [0.29, 0.717) is 30.0 Å². The molecule has 0 saturated heterocycles. The minimum absolute atomic E-state index is 0.354. The Morgan fingerprint density at radius 3 is 2.30 bits per heavy atom. The van der Waals surface area contributed by atoms with Gasteiger partial charge in [0.2, 0.25) is 5.91 Å². The Labute approximate surface area is 167 Å². The number of amides is 1. The highest BCUT2D eigenvalue weighted by atomic mass is 35.5. The summed E-state index contributed by atoms with van der Waals surface area (Å²) < 4.78 is 5.84. The summed E-state index contributed by atoms with van der Waals surface area (Å²) in [6.45, 7) is 8.06. The smallest absolute Gasteiger partial charge is 0.226 e. The van der Waals surface area contributed by atoms with Crippen molar-refractivity contribution in [3.8, 4) is 5.75 Å². The molecule has 0 unspecified atom stereocenters. The Balaban J connectivity index is 2.01. The lowest BCUT2D eigenvalue weighted by molar-refractivity contribution is -0.116. The zero-order chi connectivity index (χ0) is 19.8. The highest BCUT2D eigenvalue weighted by Gasteiger charge is 2.16. The predicted molar refractivity (Wildman–Crippen MR) is 112 cm³/mol. The summed E-state index contributed by atoms with van der Waals surface area (Å²) in [6.07, 6.45) is 1.04. The number of anilines is 1. The number of primary amides is 1. The van der Waals surface area contributed by atoms with Gasteiger partial charge in [-0.25, -0.2) is 0 Å². The Morgan fingerprint density at radius 2 is 1.74 bits per heavy atom. The molecule has 1 amide bonds. The van der Waals surface area contributed by atoms with Gasteiger partial charge in [0.1, 0.15) is 12.4 Å². The average Bonchev–Trinajstić information content (AvgIpc) is 2.64. The number of halogens is 1. The van der Waals surface area contributed by atoms with Gasteiger partial charge in [-0.15, -0.1) is 0 Å². The highest BCUT2D eigenvalue weighted by molar-refractivity contribution is 6.30. The van der Waals surface area contributed by atoms with E-state index in [4.69, 9.17) is 22.1 Å². The Bertz CT molecular complexity index is 714. The second kappa shape index (κ2) is 10.2. The summed E-state index contributed by atoms with van der Waals surface area (Å²) in [6, 6.07) is 15.6. The molecule has 2 aromatic carbocycles. The Morgan fingerprint density at radius 1 is 1.11 bits per heavy atom. The molecular weight excluding hydrogens is 360 g/mol. The molecule has 0 aliphatic heterocycles. The predicted octanol–water partition coefficient (Wildman–Crippen LogP) is 4.85. The topological polar surface area (TPSA) is 55.6 Å². The molecule has 0 bridgehead atoms. The van der Waals surface area contributed by atoms with Crippen LogP contribution in [0.1, 0.15) is 32.8 Å². The van der Waals surface area contributed by atoms with Gasteiger partial charge in [0.15, 0.2) is 0 Å². The number of carbonyl (C=O) groups excluding carboxylic acids is 1. The zero-order valence-corrected chi connectivity index (χ0v) is 17.0. The molecule has 2 N–H and O–H groups in total. The van der Waals surface area contributed by atoms with Crippen LogP contribution >= 0.6 is 11.6 Å². The standard InChI is InChI=1S/C22H28ClN2O2/c1-16(2)12-13-25(14-17(3)22(24)26)20-8-10-21(11-9-20)27-15-18-4-6-19(23)7-5-18/h4-11,16H,12-15H2,1-3H3,(H2,24,26). The van der Waals surface area contributed by atoms with E-state index in [1.165, 1.54) is 0 Å². The van der Waals surface area contributed by atoms with Crippen LogP contribution < -0.4 is 15.4 Å². The van der Waals surface area contributed by atoms with E-state index >= 15 is 0 Å². The van der Waals surface area contributed by atoms with Crippen LogP contribution in [0.2, 0.25) is 5.02 Å². The van der Waals surface area contributed by atoms with E-state index in [2.05, 4.69) is 18.7 Å². The largest absolute Gasteiger partial charge is 0.489 e. The third-order valence-corrected chi connectivity index (χ3v) is 4.60. The quantitative estimate of drug-likeness (QED) is 0.633. The number of nitrogens with zero attached hydrogens (tertiary/aromatic N) is 1. The number of ether oxygens (including phenoxy) is 1. The monoisotopic (exact) mass is 387 g/mol. The van der Waals surface area contributed by atoms with Gasteiger partial charge in [-0.05, 0) is 61.2 Å². The summed E-state index contributed by atoms with van der Waals surface area (Å²) in [5.74, 6) is 1.69. The van der Waals surface area contributed by atoms with Gasteiger partial charge in [-0.2, -0.15) is 0 Å². The molecule has 2 aromatic rings. The molecule has 145 valence electrons. The molecule has 2 rings (SSSR count). The van der Waals surface area contributed by atoms with Crippen molar-refractivity contribution < 1.29 is 9.53 Å². The molecule has 0 saturated carbocycles. The molecule has 4 nitrogen and oxygen atoms in total. The van der Waals surface area contributed by atoms with Gasteiger partial charge in [0.25, 0.3) is 0 Å². The van der Waals surface area contributed by atoms with E-state index in [1.54, 1.807) is 6.92 Å². The number of hydrogen-bond acceptors (Lipinski definition) is 3. The van der Waals surface area contributed by atoms with Crippen LogP contribution in [-0.4, -0.2) is 19.0 Å². The molecule has 5 heteroatoms. The number of rotatable bonds is 10. The van der Waals surface area contributed by atoms with Gasteiger partial charge in [-0.3, -0.25) is 4.79 Å². The molecule has 0 fully saturated rings. The van der Waals surface area contributed by atoms with Crippen LogP contribution in [0.4, 0.5) is 5.69 Å². The first-order valence-electron chi connectivity index (χ1n) is 9.19. The fourth-order valence-corrected chi connectivity index (χ4v) is 2.70. The van der Waals surface area contributed by atoms with Crippen molar-refractivity contribution in [1.82, 2.24) is 0 Å². The van der Waals surface area contributed by atoms with Gasteiger partial charge in [0.05, 0.1) is 5.92 Å². The number of benzene rings is 2. The molecule has 27 heavy (non-hydrogen) atoms. The number of nitrogens with two attached hydrogens (primary N) is 1. The number of carbonyl (C=O) groups is 1. The minimum Gasteiger partial charge on any atom is -0.489 e. The maximum Gasteiger partial charge on any atom is 0.226 e. The van der Waals surface area contributed by atoms with Gasteiger partial charge >= 0.3 is 0 Å². The third-order valence-electron chi connectivity index (χ3n) is 4.35. The van der Waals surface area contributed by atoms with Crippen molar-refractivity contribution in [1.29, 1.82) is 0 Å². The highest BCUT2D eigenvalue weighted by Crippen LogP contribution is 2.23. The minimum atomic E-state index is -0.354. The lowest BCUT2D eigenvalue weighted by Crippen LogP contribution is -2.34. The van der Waals surface area contributed by atoms with Gasteiger partial charge in [-0.1, -0.05) is 37.6 Å². The summed E-state index contributed by atoms with van der Waals surface area (Å²) in [7, 11) is 0. The van der Waals surface area contributed by atoms with Crippen molar-refractivity contribution >= 4 is 23.2 Å². The molecule has 0 aromatic heterocycles. The van der Waals surface area contributed by atoms with E-state index in [1.807, 2.05) is 48.5 Å². The average molecular weight is 388 g/mol. The summed E-state index contributed by atoms with van der Waals surface area (Å²) in [4.78, 5) is 13.6. The van der Waals surface area contributed by atoms with Crippen LogP contribution in [0.5, 0.6) is 5.75 Å². The summed E-state index contributed by atoms with van der Waals surface area (Å²) in [5, 5.41) is 0.715. The van der Waals surface area contributed by atoms with E-state index in [9.17, 15) is 4.79 Å². The summed E-state index contributed by atoms with van der Waals surface area (Å²) >= 11 is 5.90. The lowest BCUT2D eigenvalue weighted by atomic mass is 10.1. The summed E-state index contributed by atoms with van der Waals surface area (Å²) in [5.41, 5.74) is 7.53. The molecule has 0 heterocycles. The van der Waals surface area contributed by atoms with Crippen LogP contribution in [0.15, 0.2) is 48.5 Å². The van der Waals surface area contributed by atoms with Crippen molar-refractivity contribution in [3.63, 3.8) is 0 Å². The first kappa shape index (κ1) is 21.1. The fraction of sp³-hybridized carbons (Fsp3) is 0.364. The van der Waals surface area contributed by atoms with Gasteiger partial charge < -0.3 is 15.4 Å². The van der Waals surface area contributed by atoms with E-state index in [0.717, 1.165) is 30.0 Å². The Hall–Kier alpha value is -2.20. The third kappa shape index (κ3) is 7.14. The van der Waals surface area contributed by atoms with E-state index in [-0.39, 0.29) is 5.91 Å². The first-order chi connectivity index (χ1) is 12.8. The zero-order valence-electron chi connectivity index (χ0n) is 16.2. The lowest BCUT2D eigenvalue weighted by Gasteiger charge is -2.27. The van der Waals surface area contributed by atoms with Crippen LogP contribution in [-0.2, 0) is 11.4 Å². The van der Waals surface area contributed by atoms with Crippen LogP contribution in [0.25, 0.3) is 0 Å². The van der Waals surface area contributed by atoms with Crippen molar-refractivity contribution in [3.05, 3.63) is 65.0 Å². The van der Waals surface area contributed by atoms with Crippen LogP contribution in [0, 0.1) is 11.8 Å². The van der Waals surface area contributed by atoms with Gasteiger partial charge in [0, 0.05) is 23.8 Å². The second-order valence-corrected chi connectivity index (χ2v) is 7.59. The SMILES string of the molecule is C[C](CN(CCC(C)C)c1ccc(OCc2ccc(Cl)cc2)cc1)C(N)=O. The maximum atomic E-state index is 11.4. The molecular formula is C22H28ClN2O2. The first-order valence-corrected chi connectivity index (χ1v) is 9.57. The fourth-order valence-electron chi connectivity index (χ4n) is 2.58. The maximum absolute atomic E-state index is 11.4. The molecule has 0 aliphatic carbocycles. The van der Waals surface area contributed by atoms with Crippen molar-refractivity contribution in [2.45, 2.75) is 33.8 Å².